The van der Waals surface area contributed by atoms with Gasteiger partial charge in [0.25, 0.3) is 0 Å². The number of aliphatic carboxylic acids is 1. The highest BCUT2D eigenvalue weighted by Gasteiger charge is 2.48. The number of benzene rings is 2. The van der Waals surface area contributed by atoms with Crippen LogP contribution in [0.4, 0.5) is 24.5 Å². The maximum atomic E-state index is 13.4. The van der Waals surface area contributed by atoms with Gasteiger partial charge in [0.1, 0.15) is 17.6 Å². The molecular formula is C24H25ClF3N3O3. The lowest BCUT2D eigenvalue weighted by molar-refractivity contribution is -0.137. The molecule has 10 heteroatoms. The minimum absolute atomic E-state index is 0.00556. The number of halogens is 4. The average molecular weight is 496 g/mol. The summed E-state index contributed by atoms with van der Waals surface area (Å²) in [4.78, 5) is 13.5. The molecule has 0 aliphatic carbocycles. The third kappa shape index (κ3) is 5.24. The van der Waals surface area contributed by atoms with Gasteiger partial charge >= 0.3 is 12.1 Å². The summed E-state index contributed by atoms with van der Waals surface area (Å²) in [5.41, 5.74) is 0.420. The third-order valence-corrected chi connectivity index (χ3v) is 6.57. The minimum Gasteiger partial charge on any atom is -0.490 e. The molecular weight excluding hydrogens is 471 g/mol. The van der Waals surface area contributed by atoms with E-state index < -0.39 is 36.2 Å². The van der Waals surface area contributed by atoms with Crippen LogP contribution in [0.5, 0.6) is 5.75 Å². The Kier molecular flexibility index (Phi) is 6.93. The summed E-state index contributed by atoms with van der Waals surface area (Å²) in [6, 6.07) is 13.4. The van der Waals surface area contributed by atoms with Gasteiger partial charge in [0, 0.05) is 31.8 Å². The zero-order chi connectivity index (χ0) is 24.5. The molecule has 0 spiro atoms. The Balaban J connectivity index is 1.41. The molecule has 1 fully saturated rings. The van der Waals surface area contributed by atoms with Crippen molar-refractivity contribution in [3.8, 4) is 5.75 Å². The summed E-state index contributed by atoms with van der Waals surface area (Å²) in [7, 11) is 0. The fraction of sp³-hybridized carbons (Fsp3) is 0.417. The second-order valence-corrected chi connectivity index (χ2v) is 8.94. The van der Waals surface area contributed by atoms with Crippen LogP contribution in [0.15, 0.2) is 53.6 Å². The van der Waals surface area contributed by atoms with Gasteiger partial charge in [-0.25, -0.2) is 0 Å². The number of carboxylic acids is 1. The third-order valence-electron chi connectivity index (χ3n) is 6.25. The molecule has 6 nitrogen and oxygen atoms in total. The van der Waals surface area contributed by atoms with Gasteiger partial charge in [0.2, 0.25) is 0 Å². The molecule has 4 rings (SSSR count). The van der Waals surface area contributed by atoms with Gasteiger partial charge in [-0.2, -0.15) is 18.3 Å². The van der Waals surface area contributed by atoms with Crippen LogP contribution < -0.4 is 14.6 Å². The molecule has 0 amide bonds. The van der Waals surface area contributed by atoms with Crippen LogP contribution in [-0.2, 0) is 4.79 Å². The normalized spacial score (nSPS) is 21.5. The van der Waals surface area contributed by atoms with Crippen LogP contribution in [0, 0.1) is 5.92 Å². The van der Waals surface area contributed by atoms with Crippen LogP contribution in [-0.4, -0.2) is 48.2 Å². The number of rotatable bonds is 6. The van der Waals surface area contributed by atoms with E-state index in [4.69, 9.17) is 16.3 Å². The Hall–Kier alpha value is -2.94. The predicted molar refractivity (Wildman–Crippen MR) is 125 cm³/mol. The highest BCUT2D eigenvalue weighted by atomic mass is 35.5. The maximum absolute atomic E-state index is 13.4. The Labute approximate surface area is 200 Å². The monoisotopic (exact) mass is 495 g/mol. The summed E-state index contributed by atoms with van der Waals surface area (Å²) in [5, 5.41) is 14.8. The number of hydrogen-bond acceptors (Lipinski definition) is 5. The van der Waals surface area contributed by atoms with Crippen molar-refractivity contribution in [1.29, 1.82) is 0 Å². The first-order valence-corrected chi connectivity index (χ1v) is 11.4. The van der Waals surface area contributed by atoms with Gasteiger partial charge in [-0.15, -0.1) is 0 Å². The van der Waals surface area contributed by atoms with Crippen molar-refractivity contribution in [2.45, 2.75) is 44.5 Å². The molecule has 0 bridgehead atoms. The van der Waals surface area contributed by atoms with Gasteiger partial charge in [0.15, 0.2) is 0 Å². The van der Waals surface area contributed by atoms with E-state index in [1.54, 1.807) is 24.3 Å². The Bertz CT molecular complexity index is 1050. The number of alkyl halides is 3. The van der Waals surface area contributed by atoms with Crippen LogP contribution >= 0.6 is 11.6 Å². The number of carbonyl (C=O) groups is 1. The van der Waals surface area contributed by atoms with Crippen LogP contribution in [0.2, 0.25) is 5.02 Å². The lowest BCUT2D eigenvalue weighted by atomic mass is 9.94. The number of ether oxygens (including phenoxy) is 1. The van der Waals surface area contributed by atoms with E-state index in [0.717, 1.165) is 36.6 Å². The van der Waals surface area contributed by atoms with E-state index in [1.165, 1.54) is 6.92 Å². The highest BCUT2D eigenvalue weighted by Crippen LogP contribution is 2.37. The first-order valence-electron chi connectivity index (χ1n) is 11.1. The maximum Gasteiger partial charge on any atom is 0.431 e. The summed E-state index contributed by atoms with van der Waals surface area (Å²) in [6.45, 7) is 2.94. The van der Waals surface area contributed by atoms with E-state index >= 15 is 0 Å². The van der Waals surface area contributed by atoms with Gasteiger partial charge < -0.3 is 14.7 Å². The Morgan fingerprint density at radius 1 is 1.15 bits per heavy atom. The molecule has 34 heavy (non-hydrogen) atoms. The molecule has 182 valence electrons. The van der Waals surface area contributed by atoms with Gasteiger partial charge in [0.05, 0.1) is 28.9 Å². The zero-order valence-electron chi connectivity index (χ0n) is 18.5. The smallest absolute Gasteiger partial charge is 0.431 e. The second kappa shape index (κ2) is 9.74. The summed E-state index contributed by atoms with van der Waals surface area (Å²) >= 11 is 6.29. The molecule has 2 aromatic carbocycles. The molecule has 0 saturated carbocycles. The van der Waals surface area contributed by atoms with E-state index in [0.29, 0.717) is 16.5 Å². The number of carboxylic acid groups (broad SMARTS) is 1. The summed E-state index contributed by atoms with van der Waals surface area (Å²) in [5.74, 6) is -1.64. The molecule has 2 aromatic rings. The topological polar surface area (TPSA) is 65.4 Å². The Morgan fingerprint density at radius 3 is 2.38 bits per heavy atom. The fourth-order valence-corrected chi connectivity index (χ4v) is 4.73. The standard InChI is InChI=1S/C24H25ClF3N3O3/c1-15-21(14-22(32)33)31(29-23(15)24(26,27)28)16-6-8-17(9-7-16)34-18-10-12-30(13-11-18)20-5-3-2-4-19(20)25/h2-9,15,18,21H,10-14H2,1H3,(H,32,33). The number of anilines is 2. The fourth-order valence-electron chi connectivity index (χ4n) is 4.47. The van der Waals surface area contributed by atoms with Crippen LogP contribution in [0.1, 0.15) is 26.2 Å². The quantitative estimate of drug-likeness (QED) is 0.564. The number of hydrazone groups is 1. The second-order valence-electron chi connectivity index (χ2n) is 8.53. The van der Waals surface area contributed by atoms with Crippen molar-refractivity contribution in [3.05, 3.63) is 53.6 Å². The van der Waals surface area contributed by atoms with Crippen molar-refractivity contribution in [1.82, 2.24) is 0 Å². The molecule has 1 N–H and O–H groups in total. The summed E-state index contributed by atoms with van der Waals surface area (Å²) in [6.07, 6.45) is -3.46. The Morgan fingerprint density at radius 2 is 1.79 bits per heavy atom. The first kappa shape index (κ1) is 24.2. The molecule has 0 aromatic heterocycles. The number of para-hydroxylation sites is 1. The van der Waals surface area contributed by atoms with Crippen molar-refractivity contribution >= 4 is 34.7 Å². The lowest BCUT2D eigenvalue weighted by Gasteiger charge is -2.34. The molecule has 2 aliphatic heterocycles. The summed E-state index contributed by atoms with van der Waals surface area (Å²) < 4.78 is 46.2. The van der Waals surface area contributed by atoms with Gasteiger partial charge in [-0.3, -0.25) is 9.80 Å². The van der Waals surface area contributed by atoms with Crippen molar-refractivity contribution in [3.63, 3.8) is 0 Å². The minimum atomic E-state index is -4.62. The van der Waals surface area contributed by atoms with Crippen LogP contribution in [0.25, 0.3) is 0 Å². The largest absolute Gasteiger partial charge is 0.490 e. The van der Waals surface area contributed by atoms with Gasteiger partial charge in [-0.05, 0) is 36.4 Å². The number of piperidine rings is 1. The van der Waals surface area contributed by atoms with E-state index in [2.05, 4.69) is 10.0 Å². The lowest BCUT2D eigenvalue weighted by Crippen LogP contribution is -2.38. The van der Waals surface area contributed by atoms with Crippen molar-refractivity contribution in [2.24, 2.45) is 11.0 Å². The van der Waals surface area contributed by atoms with Crippen LogP contribution in [0.3, 0.4) is 0 Å². The zero-order valence-corrected chi connectivity index (χ0v) is 19.3. The number of hydrogen-bond donors (Lipinski definition) is 1. The SMILES string of the molecule is CC1C(C(F)(F)F)=NN(c2ccc(OC3CCN(c4ccccc4Cl)CC3)cc2)C1CC(=O)O. The molecule has 2 heterocycles. The first-order chi connectivity index (χ1) is 16.1. The van der Waals surface area contributed by atoms with Gasteiger partial charge in [-0.1, -0.05) is 30.7 Å². The van der Waals surface area contributed by atoms with E-state index in [9.17, 15) is 23.1 Å². The molecule has 2 aliphatic rings. The molecule has 0 radical (unpaired) electrons. The molecule has 2 unspecified atom stereocenters. The van der Waals surface area contributed by atoms with Crippen molar-refractivity contribution < 1.29 is 27.8 Å². The average Bonchev–Trinajstić information content (AvgIpc) is 3.11. The van der Waals surface area contributed by atoms with E-state index in [-0.39, 0.29) is 6.10 Å². The van der Waals surface area contributed by atoms with Crippen molar-refractivity contribution in [2.75, 3.05) is 23.0 Å². The highest BCUT2D eigenvalue weighted by molar-refractivity contribution is 6.33. The molecule has 1 saturated heterocycles. The van der Waals surface area contributed by atoms with E-state index in [1.807, 2.05) is 24.3 Å². The molecule has 2 atom stereocenters. The predicted octanol–water partition coefficient (Wildman–Crippen LogP) is 5.61. The number of nitrogens with zero attached hydrogens (tertiary/aromatic N) is 3.